The van der Waals surface area contributed by atoms with Gasteiger partial charge in [-0.15, -0.1) is 0 Å². The Morgan fingerprint density at radius 3 is 0.387 bits per heavy atom. The van der Waals surface area contributed by atoms with Crippen molar-refractivity contribution in [3.05, 3.63) is 0 Å². The molecule has 0 aliphatic heterocycles. The Bertz CT molecular complexity index is 1960. The summed E-state index contributed by atoms with van der Waals surface area (Å²) < 4.78 is 47.9. The molecule has 0 heterocycles. The number of hydrogen-bond donors (Lipinski definition) is 8. The van der Waals surface area contributed by atoms with Crippen molar-refractivity contribution in [3.63, 3.8) is 0 Å². The fourth-order valence-electron chi connectivity index (χ4n) is 20.0. The van der Waals surface area contributed by atoms with Crippen molar-refractivity contribution in [2.45, 2.75) is 537 Å². The lowest BCUT2D eigenvalue weighted by Crippen LogP contribution is -2.39. The highest BCUT2D eigenvalue weighted by molar-refractivity contribution is 6.82. The maximum atomic E-state index is 10.1. The molecule has 0 radical (unpaired) electrons. The van der Waals surface area contributed by atoms with E-state index in [9.17, 15) is 40.9 Å². The number of aliphatic hydroxyl groups excluding tert-OH is 8. The standard InChI is InChI=1S/C34H74O4Si2.C28H62O4Si2.C22H50O4Si2.C16H38O4Si2/c1-7-13-23-39(24-14-8-2,25-15-9-3)29-19-21-37-33(31-35)34(32-36)38-22-20-30-40(26-16-10-4,27-17-11-5)28-18-12-6;1-7-17-33(18-8-2,19-9-3)23-13-15-31-27(25-29)28(26-30)32-16-14-24-34(20-10-4,21-11-5)22-12-6;1-7-27(8-2,9-3)17-13-15-25-21(19-23)22(20-24)26-16-14-18-28(10-4,11-5)12-6;1-21(2,3)11-7-9-19-15(13-17)16(14-18)20-10-8-12-22(4,5)6/h33-36H,7-32H2,1-6H3;27-30H,7-26H2,1-6H3;21-24H,7-20H2,1-6H3;15-18H,7-14H2,1-6H3/t33-,34+;27-,28+;21-,22+;15-,16+. The molecule has 124 heavy (non-hydrogen) atoms. The maximum absolute atomic E-state index is 10.1. The first-order valence-electron chi connectivity index (χ1n) is 53.2. The molecule has 0 amide bonds. The lowest BCUT2D eigenvalue weighted by molar-refractivity contribution is -0.109. The summed E-state index contributed by atoms with van der Waals surface area (Å²) in [6, 6.07) is 35.7. The average molecular weight is 1910 g/mol. The Hall–Kier alpha value is 1.10. The predicted molar refractivity (Wildman–Crippen MR) is 563 cm³/mol. The predicted octanol–water partition coefficient (Wildman–Crippen LogP) is 26.8. The summed E-state index contributed by atoms with van der Waals surface area (Å²) in [5.41, 5.74) is 0. The van der Waals surface area contributed by atoms with Crippen LogP contribution >= 0.6 is 0 Å². The Morgan fingerprint density at radius 1 is 0.153 bits per heavy atom. The van der Waals surface area contributed by atoms with Gasteiger partial charge in [-0.25, -0.2) is 0 Å². The van der Waals surface area contributed by atoms with E-state index in [0.717, 1.165) is 51.4 Å². The van der Waals surface area contributed by atoms with Gasteiger partial charge in [-0.05, 0) is 51.4 Å². The molecule has 0 saturated heterocycles. The molecule has 0 unspecified atom stereocenters. The molecule has 0 bridgehead atoms. The van der Waals surface area contributed by atoms with Crippen LogP contribution in [-0.2, 0) is 37.9 Å². The molecule has 0 aromatic carbocycles. The Labute approximate surface area is 780 Å². The number of unbranched alkanes of at least 4 members (excludes halogenated alkanes) is 6. The van der Waals surface area contributed by atoms with E-state index in [1.807, 2.05) is 0 Å². The SMILES string of the molecule is CCCC[Si](CCCC)(CCCC)CCCO[C@@H](CO)[C@@H](CO)OCCC[Si](CCCC)(CCCC)CCCC.CCC[Si](CCC)(CCC)CCCO[C@@H](CO)[C@@H](CO)OCCC[Si](CCC)(CCC)CCC.CC[Si](CC)(CC)CCCO[C@@H](CO)[C@@H](CO)OCCC[Si](CC)(CC)CC.C[Si](C)(C)CCCO[C@@H](CO)[C@@H](CO)OCCC[Si](C)(C)C. The van der Waals surface area contributed by atoms with Gasteiger partial charge in [-0.1, -0.05) is 437 Å². The third-order valence-corrected chi connectivity index (χ3v) is 67.6. The molecule has 16 nitrogen and oxygen atoms in total. The topological polar surface area (TPSA) is 236 Å². The molecule has 24 heteroatoms. The Morgan fingerprint density at radius 2 is 0.274 bits per heavy atom. The fourth-order valence-corrected chi connectivity index (χ4v) is 51.9. The van der Waals surface area contributed by atoms with Gasteiger partial charge in [-0.2, -0.15) is 0 Å². The van der Waals surface area contributed by atoms with Gasteiger partial charge in [0, 0.05) is 69.0 Å². The molecule has 0 aliphatic carbocycles. The summed E-state index contributed by atoms with van der Waals surface area (Å²) >= 11 is 0. The molecule has 0 aromatic heterocycles. The van der Waals surface area contributed by atoms with Crippen LogP contribution < -0.4 is 0 Å². The molecule has 0 aromatic rings. The first kappa shape index (κ1) is 131. The van der Waals surface area contributed by atoms with Gasteiger partial charge in [0.1, 0.15) is 48.8 Å². The van der Waals surface area contributed by atoms with Gasteiger partial charge in [0.25, 0.3) is 0 Å². The number of rotatable bonds is 88. The fraction of sp³-hybridized carbons (Fsp3) is 1.00. The Kier molecular flexibility index (Phi) is 89.6. The Balaban J connectivity index is -0.000000791. The molecular formula is C100H224O16Si8. The minimum absolute atomic E-state index is 0.0858. The summed E-state index contributed by atoms with van der Waals surface area (Å²) in [5.74, 6) is 0. The zero-order valence-electron chi connectivity index (χ0n) is 87.5. The summed E-state index contributed by atoms with van der Waals surface area (Å²) in [6.45, 7) is 60.4. The summed E-state index contributed by atoms with van der Waals surface area (Å²) in [6.07, 6.45) is 28.9. The van der Waals surface area contributed by atoms with Crippen molar-refractivity contribution in [3.8, 4) is 0 Å². The van der Waals surface area contributed by atoms with E-state index < -0.39 is 113 Å². The van der Waals surface area contributed by atoms with E-state index in [1.165, 1.54) is 273 Å². The van der Waals surface area contributed by atoms with E-state index in [-0.39, 0.29) is 52.9 Å². The lowest BCUT2D eigenvalue weighted by Gasteiger charge is -2.33. The molecule has 8 N–H and O–H groups in total. The van der Waals surface area contributed by atoms with Crippen LogP contribution in [0.3, 0.4) is 0 Å². The number of ether oxygens (including phenoxy) is 8. The molecule has 8 atom stereocenters. The van der Waals surface area contributed by atoms with Crippen molar-refractivity contribution in [1.29, 1.82) is 0 Å². The van der Waals surface area contributed by atoms with Crippen LogP contribution in [0.25, 0.3) is 0 Å². The second kappa shape index (κ2) is 84.6. The first-order chi connectivity index (χ1) is 59.4. The molecule has 752 valence electrons. The van der Waals surface area contributed by atoms with Gasteiger partial charge in [0.2, 0.25) is 0 Å². The molecule has 0 rings (SSSR count). The third kappa shape index (κ3) is 64.2. The summed E-state index contributed by atoms with van der Waals surface area (Å²) in [5, 5.41) is 78.5. The van der Waals surface area contributed by atoms with Crippen molar-refractivity contribution in [1.82, 2.24) is 0 Å². The highest BCUT2D eigenvalue weighted by atomic mass is 28.3. The molecule has 0 saturated carbocycles. The van der Waals surface area contributed by atoms with Gasteiger partial charge < -0.3 is 78.7 Å². The van der Waals surface area contributed by atoms with Crippen LogP contribution in [0, 0.1) is 0 Å². The second-order valence-corrected chi connectivity index (χ2v) is 83.4. The van der Waals surface area contributed by atoms with Crippen LogP contribution in [0.4, 0.5) is 0 Å². The van der Waals surface area contributed by atoms with Gasteiger partial charge in [-0.3, -0.25) is 0 Å². The minimum atomic E-state index is -1.27. The summed E-state index contributed by atoms with van der Waals surface area (Å²) in [7, 11) is -9.23. The average Bonchev–Trinajstić information content (AvgIpc) is 0.883. The lowest BCUT2D eigenvalue weighted by atomic mass is 10.2. The zero-order valence-corrected chi connectivity index (χ0v) is 95.5. The largest absolute Gasteiger partial charge is 0.394 e. The van der Waals surface area contributed by atoms with E-state index >= 15 is 0 Å². The van der Waals surface area contributed by atoms with E-state index in [1.54, 1.807) is 0 Å². The smallest absolute Gasteiger partial charge is 0.109 e. The first-order valence-corrected chi connectivity index (χ1v) is 77.6. The minimum Gasteiger partial charge on any atom is -0.394 e. The number of hydrogen-bond acceptors (Lipinski definition) is 16. The van der Waals surface area contributed by atoms with Crippen LogP contribution in [-0.4, -0.2) is 260 Å². The molecular weight excluding hydrogens is 1680 g/mol. The third-order valence-electron chi connectivity index (χ3n) is 28.6. The summed E-state index contributed by atoms with van der Waals surface area (Å²) in [4.78, 5) is 0. The molecule has 0 fully saturated rings. The van der Waals surface area contributed by atoms with Crippen molar-refractivity contribution >= 4 is 64.6 Å². The maximum Gasteiger partial charge on any atom is 0.109 e. The highest BCUT2D eigenvalue weighted by Gasteiger charge is 2.37. The van der Waals surface area contributed by atoms with Crippen LogP contribution in [0.5, 0.6) is 0 Å². The second-order valence-electron chi connectivity index (χ2n) is 40.9. The van der Waals surface area contributed by atoms with Crippen LogP contribution in [0.1, 0.15) is 292 Å². The van der Waals surface area contributed by atoms with Crippen molar-refractivity contribution < 1.29 is 78.7 Å². The van der Waals surface area contributed by atoms with Gasteiger partial charge in [0.05, 0.1) is 101 Å². The normalized spacial score (nSPS) is 14.7. The van der Waals surface area contributed by atoms with Crippen LogP contribution in [0.2, 0.25) is 196 Å². The van der Waals surface area contributed by atoms with Crippen molar-refractivity contribution in [2.24, 2.45) is 0 Å². The quantitative estimate of drug-likeness (QED) is 0.0209. The zero-order chi connectivity index (χ0) is 94.4. The molecule has 0 aliphatic rings. The monoisotopic (exact) mass is 1910 g/mol. The van der Waals surface area contributed by atoms with Crippen LogP contribution in [0.15, 0.2) is 0 Å². The van der Waals surface area contributed by atoms with Crippen molar-refractivity contribution in [2.75, 3.05) is 106 Å². The van der Waals surface area contributed by atoms with Gasteiger partial charge >= 0.3 is 0 Å². The van der Waals surface area contributed by atoms with Gasteiger partial charge in [0.15, 0.2) is 0 Å². The van der Waals surface area contributed by atoms with E-state index in [2.05, 4.69) is 164 Å². The van der Waals surface area contributed by atoms with E-state index in [4.69, 9.17) is 37.9 Å². The van der Waals surface area contributed by atoms with E-state index in [0.29, 0.717) is 52.9 Å². The highest BCUT2D eigenvalue weighted by Crippen LogP contribution is 2.38. The number of aliphatic hydroxyl groups is 8. The molecule has 0 spiro atoms.